The van der Waals surface area contributed by atoms with E-state index in [0.717, 1.165) is 5.69 Å². The largest absolute Gasteiger partial charge is 0.399 e. The van der Waals surface area contributed by atoms with Crippen LogP contribution >= 0.6 is 0 Å². The van der Waals surface area contributed by atoms with Gasteiger partial charge in [0.05, 0.1) is 0 Å². The number of anilines is 1. The molecule has 0 radical (unpaired) electrons. The average Bonchev–Trinajstić information content (AvgIpc) is 2.65. The number of fused-ring (bicyclic) bond motifs is 1. The first-order valence-electron chi connectivity index (χ1n) is 8.82. The number of rotatable bonds is 0. The van der Waals surface area contributed by atoms with Crippen molar-refractivity contribution in [3.8, 4) is 0 Å². The van der Waals surface area contributed by atoms with Crippen molar-refractivity contribution in [3.05, 3.63) is 112 Å². The minimum Gasteiger partial charge on any atom is -0.399 e. The van der Waals surface area contributed by atoms with Gasteiger partial charge in [0.1, 0.15) is 0 Å². The summed E-state index contributed by atoms with van der Waals surface area (Å²) in [6, 6.07) is 28.8. The maximum atomic E-state index is 6.14. The van der Waals surface area contributed by atoms with E-state index in [1.54, 1.807) is 0 Å². The summed E-state index contributed by atoms with van der Waals surface area (Å²) in [4.78, 5) is 0. The normalized spacial score (nSPS) is 19.4. The van der Waals surface area contributed by atoms with Gasteiger partial charge in [-0.1, -0.05) is 54.6 Å². The maximum absolute atomic E-state index is 6.14. The molecule has 0 fully saturated rings. The van der Waals surface area contributed by atoms with Crippen molar-refractivity contribution in [1.29, 1.82) is 0 Å². The van der Waals surface area contributed by atoms with Crippen LogP contribution in [0.5, 0.6) is 0 Å². The van der Waals surface area contributed by atoms with Crippen molar-refractivity contribution >= 4 is 16.5 Å². The Kier molecular flexibility index (Phi) is 2.39. The Morgan fingerprint density at radius 1 is 0.480 bits per heavy atom. The number of hydrogen-bond donors (Lipinski definition) is 1. The standard InChI is InChI=1S/C24H17N/c25-16-9-10-19-22(13-16)24-18-8-4-3-7-17(18)23(19)20-11-14-5-1-2-6-15(14)12-21(20)24/h1-13,23-24H,25H2. The number of benzene rings is 4. The summed E-state index contributed by atoms with van der Waals surface area (Å²) in [7, 11) is 0. The molecule has 3 aliphatic carbocycles. The van der Waals surface area contributed by atoms with Crippen molar-refractivity contribution in [3.63, 3.8) is 0 Å². The topological polar surface area (TPSA) is 26.0 Å². The number of hydrogen-bond acceptors (Lipinski definition) is 1. The Balaban J connectivity index is 1.75. The number of nitrogens with two attached hydrogens (primary N) is 1. The van der Waals surface area contributed by atoms with Crippen LogP contribution in [-0.2, 0) is 0 Å². The molecule has 0 amide bonds. The van der Waals surface area contributed by atoms with Gasteiger partial charge in [0, 0.05) is 17.5 Å². The highest BCUT2D eigenvalue weighted by atomic mass is 14.6. The fourth-order valence-electron chi connectivity index (χ4n) is 4.92. The molecule has 4 aromatic carbocycles. The summed E-state index contributed by atoms with van der Waals surface area (Å²) in [5, 5.41) is 2.64. The molecule has 7 rings (SSSR count). The van der Waals surface area contributed by atoms with Crippen LogP contribution in [0.15, 0.2) is 78.9 Å². The Morgan fingerprint density at radius 3 is 1.60 bits per heavy atom. The first-order valence-corrected chi connectivity index (χ1v) is 8.82. The molecule has 2 N–H and O–H groups in total. The molecule has 1 heteroatoms. The van der Waals surface area contributed by atoms with Gasteiger partial charge < -0.3 is 5.73 Å². The minimum atomic E-state index is 0.291. The minimum absolute atomic E-state index is 0.291. The van der Waals surface area contributed by atoms with Gasteiger partial charge in [0.15, 0.2) is 0 Å². The number of nitrogen functional groups attached to an aromatic ring is 1. The quantitative estimate of drug-likeness (QED) is 0.372. The first kappa shape index (κ1) is 13.3. The molecule has 1 nitrogen and oxygen atoms in total. The van der Waals surface area contributed by atoms with Gasteiger partial charge in [-0.25, -0.2) is 0 Å². The fraction of sp³-hybridized carbons (Fsp3) is 0.0833. The zero-order chi connectivity index (χ0) is 16.5. The van der Waals surface area contributed by atoms with E-state index in [-0.39, 0.29) is 0 Å². The molecule has 4 aromatic rings. The molecule has 0 spiro atoms. The van der Waals surface area contributed by atoms with E-state index >= 15 is 0 Å². The summed E-state index contributed by atoms with van der Waals surface area (Å²) in [6.07, 6.45) is 0. The van der Waals surface area contributed by atoms with Crippen LogP contribution in [0.4, 0.5) is 5.69 Å². The molecule has 2 bridgehead atoms. The molecular formula is C24H17N. The van der Waals surface area contributed by atoms with Gasteiger partial charge in [-0.15, -0.1) is 0 Å². The van der Waals surface area contributed by atoms with Crippen LogP contribution in [0.25, 0.3) is 10.8 Å². The summed E-state index contributed by atoms with van der Waals surface area (Å²) in [5.41, 5.74) is 15.6. The molecule has 0 aromatic heterocycles. The Labute approximate surface area is 146 Å². The molecule has 0 aliphatic heterocycles. The van der Waals surface area contributed by atoms with E-state index in [9.17, 15) is 0 Å². The van der Waals surface area contributed by atoms with Gasteiger partial charge in [0.25, 0.3) is 0 Å². The monoisotopic (exact) mass is 319 g/mol. The molecule has 0 saturated carbocycles. The van der Waals surface area contributed by atoms with E-state index in [0.29, 0.717) is 11.8 Å². The van der Waals surface area contributed by atoms with E-state index in [4.69, 9.17) is 5.73 Å². The van der Waals surface area contributed by atoms with Crippen LogP contribution in [0, 0.1) is 0 Å². The highest BCUT2D eigenvalue weighted by Crippen LogP contribution is 2.56. The molecule has 118 valence electrons. The van der Waals surface area contributed by atoms with Crippen LogP contribution in [-0.4, -0.2) is 0 Å². The summed E-state index contributed by atoms with van der Waals surface area (Å²) >= 11 is 0. The lowest BCUT2D eigenvalue weighted by Crippen LogP contribution is -2.27. The third-order valence-electron chi connectivity index (χ3n) is 5.92. The lowest BCUT2D eigenvalue weighted by atomic mass is 9.61. The third-order valence-corrected chi connectivity index (χ3v) is 5.92. The molecular weight excluding hydrogens is 302 g/mol. The Morgan fingerprint density at radius 2 is 0.960 bits per heavy atom. The van der Waals surface area contributed by atoms with E-state index in [1.165, 1.54) is 44.2 Å². The maximum Gasteiger partial charge on any atom is 0.0350 e. The smallest absolute Gasteiger partial charge is 0.0350 e. The predicted molar refractivity (Wildman–Crippen MR) is 103 cm³/mol. The van der Waals surface area contributed by atoms with E-state index in [1.807, 2.05) is 6.07 Å². The lowest BCUT2D eigenvalue weighted by molar-refractivity contribution is 0.757. The summed E-state index contributed by atoms with van der Waals surface area (Å²) < 4.78 is 0. The van der Waals surface area contributed by atoms with Crippen molar-refractivity contribution < 1.29 is 0 Å². The molecule has 2 unspecified atom stereocenters. The van der Waals surface area contributed by atoms with Crippen LogP contribution < -0.4 is 5.73 Å². The fourth-order valence-corrected chi connectivity index (χ4v) is 4.92. The van der Waals surface area contributed by atoms with Gasteiger partial charge in [-0.05, 0) is 68.4 Å². The molecule has 0 saturated heterocycles. The van der Waals surface area contributed by atoms with Crippen LogP contribution in [0.3, 0.4) is 0 Å². The van der Waals surface area contributed by atoms with Crippen molar-refractivity contribution in [2.45, 2.75) is 11.8 Å². The van der Waals surface area contributed by atoms with Gasteiger partial charge >= 0.3 is 0 Å². The van der Waals surface area contributed by atoms with E-state index < -0.39 is 0 Å². The highest BCUT2D eigenvalue weighted by molar-refractivity contribution is 5.87. The zero-order valence-corrected chi connectivity index (χ0v) is 13.7. The van der Waals surface area contributed by atoms with Crippen molar-refractivity contribution in [2.75, 3.05) is 5.73 Å². The Bertz CT molecular complexity index is 1170. The second-order valence-corrected chi connectivity index (χ2v) is 7.21. The third kappa shape index (κ3) is 1.63. The second kappa shape index (κ2) is 4.52. The van der Waals surface area contributed by atoms with Crippen molar-refractivity contribution in [1.82, 2.24) is 0 Å². The SMILES string of the molecule is Nc1ccc2c(c1)C1c3ccccc3C2c2cc3ccccc3cc21. The second-order valence-electron chi connectivity index (χ2n) is 7.21. The first-order chi connectivity index (χ1) is 12.3. The zero-order valence-electron chi connectivity index (χ0n) is 13.7. The summed E-state index contributed by atoms with van der Waals surface area (Å²) in [5.74, 6) is 0.607. The van der Waals surface area contributed by atoms with Gasteiger partial charge in [-0.2, -0.15) is 0 Å². The van der Waals surface area contributed by atoms with Gasteiger partial charge in [-0.3, -0.25) is 0 Å². The molecule has 2 atom stereocenters. The molecule has 3 aliphatic rings. The highest BCUT2D eigenvalue weighted by Gasteiger charge is 2.41. The summed E-state index contributed by atoms with van der Waals surface area (Å²) in [6.45, 7) is 0. The molecule has 25 heavy (non-hydrogen) atoms. The van der Waals surface area contributed by atoms with Crippen LogP contribution in [0.2, 0.25) is 0 Å². The van der Waals surface area contributed by atoms with Crippen LogP contribution in [0.1, 0.15) is 45.2 Å². The Hall–Kier alpha value is -3.06. The van der Waals surface area contributed by atoms with Crippen molar-refractivity contribution in [2.24, 2.45) is 0 Å². The lowest BCUT2D eigenvalue weighted by Gasteiger charge is -2.42. The van der Waals surface area contributed by atoms with Gasteiger partial charge in [0.2, 0.25) is 0 Å². The molecule has 0 heterocycles. The predicted octanol–water partition coefficient (Wildman–Crippen LogP) is 5.41. The average molecular weight is 319 g/mol. The van der Waals surface area contributed by atoms with E-state index in [2.05, 4.69) is 72.8 Å².